The van der Waals surface area contributed by atoms with Gasteiger partial charge in [0, 0.05) is 11.3 Å². The average Bonchev–Trinajstić information content (AvgIpc) is 2.81. The van der Waals surface area contributed by atoms with Gasteiger partial charge < -0.3 is 14.8 Å². The van der Waals surface area contributed by atoms with E-state index < -0.39 is 0 Å². The van der Waals surface area contributed by atoms with E-state index in [9.17, 15) is 9.59 Å². The van der Waals surface area contributed by atoms with Crippen molar-refractivity contribution in [2.75, 3.05) is 19.0 Å². The lowest BCUT2D eigenvalue weighted by Gasteiger charge is -2.13. The molecule has 0 bridgehead atoms. The van der Waals surface area contributed by atoms with Crippen molar-refractivity contribution in [1.29, 1.82) is 0 Å². The van der Waals surface area contributed by atoms with Gasteiger partial charge in [0.2, 0.25) is 0 Å². The van der Waals surface area contributed by atoms with Crippen LogP contribution in [0.5, 0.6) is 11.5 Å². The Labute approximate surface area is 214 Å². The van der Waals surface area contributed by atoms with E-state index in [0.29, 0.717) is 41.9 Å². The third-order valence-corrected chi connectivity index (χ3v) is 5.76. The van der Waals surface area contributed by atoms with E-state index in [2.05, 4.69) is 38.4 Å². The van der Waals surface area contributed by atoms with Crippen LogP contribution < -0.4 is 20.2 Å². The number of halogens is 3. The second kappa shape index (κ2) is 11.9. The molecule has 3 aromatic rings. The standard InChI is InChI=1S/C23H18Cl2IN3O4/c1-32-20-10-14(12-27-29-23(31)15-5-3-2-4-6-15)9-19(26)22(20)33-13-21(30)28-16-7-8-17(24)18(25)11-16/h2-12H,13H2,1H3,(H,28,30)(H,29,31)/b27-12+. The van der Waals surface area contributed by atoms with Crippen molar-refractivity contribution in [3.05, 3.63) is 85.4 Å². The number of carbonyl (C=O) groups is 2. The monoisotopic (exact) mass is 597 g/mol. The van der Waals surface area contributed by atoms with Crippen LogP contribution in [0.25, 0.3) is 0 Å². The molecule has 0 heterocycles. The van der Waals surface area contributed by atoms with Gasteiger partial charge in [0.05, 0.1) is 26.9 Å². The molecule has 0 aliphatic heterocycles. The Morgan fingerprint density at radius 2 is 1.82 bits per heavy atom. The molecule has 10 heteroatoms. The van der Waals surface area contributed by atoms with Crippen LogP contribution in [0, 0.1) is 3.57 Å². The number of anilines is 1. The zero-order chi connectivity index (χ0) is 23.8. The fourth-order valence-electron chi connectivity index (χ4n) is 2.68. The van der Waals surface area contributed by atoms with Crippen LogP contribution in [0.2, 0.25) is 10.0 Å². The highest BCUT2D eigenvalue weighted by molar-refractivity contribution is 14.1. The second-order valence-corrected chi connectivity index (χ2v) is 8.54. The quantitative estimate of drug-likeness (QED) is 0.207. The van der Waals surface area contributed by atoms with E-state index in [1.165, 1.54) is 13.3 Å². The van der Waals surface area contributed by atoms with E-state index in [4.69, 9.17) is 32.7 Å². The molecule has 3 aromatic carbocycles. The maximum absolute atomic E-state index is 12.3. The van der Waals surface area contributed by atoms with E-state index in [1.807, 2.05) is 6.07 Å². The molecule has 2 N–H and O–H groups in total. The SMILES string of the molecule is COc1cc(/C=N/NC(=O)c2ccccc2)cc(I)c1OCC(=O)Nc1ccc(Cl)c(Cl)c1. The molecule has 2 amide bonds. The third-order valence-electron chi connectivity index (χ3n) is 4.22. The summed E-state index contributed by atoms with van der Waals surface area (Å²) in [5.41, 5.74) is 4.16. The lowest BCUT2D eigenvalue weighted by Crippen LogP contribution is -2.20. The van der Waals surface area contributed by atoms with Crippen molar-refractivity contribution < 1.29 is 19.1 Å². The number of methoxy groups -OCH3 is 1. The van der Waals surface area contributed by atoms with Crippen LogP contribution in [0.4, 0.5) is 5.69 Å². The Morgan fingerprint density at radius 1 is 1.06 bits per heavy atom. The number of hydrogen-bond acceptors (Lipinski definition) is 5. The molecule has 0 aromatic heterocycles. The lowest BCUT2D eigenvalue weighted by molar-refractivity contribution is -0.118. The van der Waals surface area contributed by atoms with E-state index in [1.54, 1.807) is 54.6 Å². The maximum Gasteiger partial charge on any atom is 0.271 e. The van der Waals surface area contributed by atoms with Gasteiger partial charge in [-0.05, 0) is 70.6 Å². The van der Waals surface area contributed by atoms with Crippen LogP contribution in [0.3, 0.4) is 0 Å². The summed E-state index contributed by atoms with van der Waals surface area (Å²) in [6, 6.07) is 17.0. The van der Waals surface area contributed by atoms with Gasteiger partial charge in [0.25, 0.3) is 11.8 Å². The number of nitrogens with one attached hydrogen (secondary N) is 2. The van der Waals surface area contributed by atoms with Crippen LogP contribution in [-0.4, -0.2) is 31.7 Å². The van der Waals surface area contributed by atoms with Crippen molar-refractivity contribution in [3.8, 4) is 11.5 Å². The van der Waals surface area contributed by atoms with Crippen molar-refractivity contribution >= 4 is 69.5 Å². The highest BCUT2D eigenvalue weighted by atomic mass is 127. The maximum atomic E-state index is 12.3. The summed E-state index contributed by atoms with van der Waals surface area (Å²) in [6.07, 6.45) is 1.49. The van der Waals surface area contributed by atoms with Crippen LogP contribution in [0.1, 0.15) is 15.9 Å². The van der Waals surface area contributed by atoms with Crippen molar-refractivity contribution in [3.63, 3.8) is 0 Å². The van der Waals surface area contributed by atoms with Crippen LogP contribution >= 0.6 is 45.8 Å². The number of ether oxygens (including phenoxy) is 2. The third kappa shape index (κ3) is 7.08. The topological polar surface area (TPSA) is 89.0 Å². The number of hydrogen-bond donors (Lipinski definition) is 2. The van der Waals surface area contributed by atoms with E-state index >= 15 is 0 Å². The molecule has 3 rings (SSSR count). The molecule has 0 fully saturated rings. The lowest BCUT2D eigenvalue weighted by atomic mass is 10.2. The molecule has 7 nitrogen and oxygen atoms in total. The highest BCUT2D eigenvalue weighted by Crippen LogP contribution is 2.33. The molecule has 0 unspecified atom stereocenters. The Morgan fingerprint density at radius 3 is 2.52 bits per heavy atom. The average molecular weight is 598 g/mol. The number of hydrazone groups is 1. The summed E-state index contributed by atoms with van der Waals surface area (Å²) in [6.45, 7) is -0.243. The first kappa shape index (κ1) is 24.8. The summed E-state index contributed by atoms with van der Waals surface area (Å²) >= 11 is 13.9. The van der Waals surface area contributed by atoms with Crippen molar-refractivity contribution in [2.24, 2.45) is 5.10 Å². The molecule has 170 valence electrons. The molecule has 0 aliphatic carbocycles. The van der Waals surface area contributed by atoms with Crippen molar-refractivity contribution in [2.45, 2.75) is 0 Å². The van der Waals surface area contributed by atoms with E-state index in [-0.39, 0.29) is 18.4 Å². The normalized spacial score (nSPS) is 10.7. The molecule has 0 spiro atoms. The first-order valence-electron chi connectivity index (χ1n) is 9.51. The van der Waals surface area contributed by atoms with Gasteiger partial charge in [-0.25, -0.2) is 5.43 Å². The van der Waals surface area contributed by atoms with Gasteiger partial charge in [0.1, 0.15) is 0 Å². The Balaban J connectivity index is 1.63. The molecule has 0 atom stereocenters. The minimum atomic E-state index is -0.375. The van der Waals surface area contributed by atoms with Gasteiger partial charge in [-0.1, -0.05) is 41.4 Å². The molecule has 0 saturated heterocycles. The highest BCUT2D eigenvalue weighted by Gasteiger charge is 2.14. The number of carbonyl (C=O) groups excluding carboxylic acids is 2. The predicted octanol–water partition coefficient (Wildman–Crippen LogP) is 5.39. The predicted molar refractivity (Wildman–Crippen MR) is 138 cm³/mol. The fourth-order valence-corrected chi connectivity index (χ4v) is 3.76. The van der Waals surface area contributed by atoms with Gasteiger partial charge in [0.15, 0.2) is 18.1 Å². The Hall–Kier alpha value is -2.82. The van der Waals surface area contributed by atoms with Crippen LogP contribution in [0.15, 0.2) is 65.8 Å². The molecule has 0 radical (unpaired) electrons. The molecule has 33 heavy (non-hydrogen) atoms. The zero-order valence-corrected chi connectivity index (χ0v) is 20.9. The summed E-state index contributed by atoms with van der Waals surface area (Å²) in [5, 5.41) is 7.41. The van der Waals surface area contributed by atoms with Crippen LogP contribution in [-0.2, 0) is 4.79 Å². The molecular formula is C23H18Cl2IN3O4. The fraction of sp³-hybridized carbons (Fsp3) is 0.0870. The molecule has 0 aliphatic rings. The first-order chi connectivity index (χ1) is 15.9. The number of nitrogens with zero attached hydrogens (tertiary/aromatic N) is 1. The summed E-state index contributed by atoms with van der Waals surface area (Å²) < 4.78 is 11.8. The van der Waals surface area contributed by atoms with Gasteiger partial charge in [-0.2, -0.15) is 5.10 Å². The summed E-state index contributed by atoms with van der Waals surface area (Å²) in [7, 11) is 1.49. The molecular weight excluding hydrogens is 580 g/mol. The largest absolute Gasteiger partial charge is 0.493 e. The van der Waals surface area contributed by atoms with Gasteiger partial charge in [-0.3, -0.25) is 9.59 Å². The van der Waals surface area contributed by atoms with Gasteiger partial charge in [-0.15, -0.1) is 0 Å². The number of rotatable bonds is 8. The Kier molecular flexibility index (Phi) is 8.93. The smallest absolute Gasteiger partial charge is 0.271 e. The van der Waals surface area contributed by atoms with Crippen molar-refractivity contribution in [1.82, 2.24) is 5.43 Å². The van der Waals surface area contributed by atoms with E-state index in [0.717, 1.165) is 0 Å². The summed E-state index contributed by atoms with van der Waals surface area (Å²) in [5.74, 6) is 0.134. The summed E-state index contributed by atoms with van der Waals surface area (Å²) in [4.78, 5) is 24.3. The minimum Gasteiger partial charge on any atom is -0.493 e. The molecule has 0 saturated carbocycles. The second-order valence-electron chi connectivity index (χ2n) is 6.57. The zero-order valence-electron chi connectivity index (χ0n) is 17.3. The number of benzene rings is 3. The number of amides is 2. The first-order valence-corrected chi connectivity index (χ1v) is 11.3. The minimum absolute atomic E-state index is 0.243. The Bertz CT molecular complexity index is 1190. The van der Waals surface area contributed by atoms with Gasteiger partial charge >= 0.3 is 0 Å².